The van der Waals surface area contributed by atoms with Crippen LogP contribution in [0, 0.1) is 5.82 Å². The van der Waals surface area contributed by atoms with Crippen molar-refractivity contribution in [3.8, 4) is 17.2 Å². The molecular formula is C12H16FNO3. The summed E-state index contributed by atoms with van der Waals surface area (Å²) in [6, 6.07) is 1.74. The van der Waals surface area contributed by atoms with E-state index >= 15 is 0 Å². The summed E-state index contributed by atoms with van der Waals surface area (Å²) in [5.74, 6) is 0.216. The highest BCUT2D eigenvalue weighted by molar-refractivity contribution is 5.54. The summed E-state index contributed by atoms with van der Waals surface area (Å²) in [6.45, 7) is 3.09. The SMILES string of the molecule is COc1c(C(C)CN)cc2c(c1F)OCCO2. The smallest absolute Gasteiger partial charge is 0.210 e. The molecule has 1 aliphatic rings. The van der Waals surface area contributed by atoms with Gasteiger partial charge in [0.25, 0.3) is 0 Å². The molecule has 5 heteroatoms. The number of ether oxygens (including phenoxy) is 3. The Bertz CT molecular complexity index is 423. The van der Waals surface area contributed by atoms with Crippen molar-refractivity contribution in [2.75, 3.05) is 26.9 Å². The van der Waals surface area contributed by atoms with Crippen molar-refractivity contribution in [2.24, 2.45) is 5.73 Å². The lowest BCUT2D eigenvalue weighted by Crippen LogP contribution is -2.18. The molecule has 1 aromatic carbocycles. The lowest BCUT2D eigenvalue weighted by atomic mass is 9.99. The van der Waals surface area contributed by atoms with Crippen LogP contribution in [0.15, 0.2) is 6.07 Å². The Labute approximate surface area is 99.5 Å². The third-order valence-electron chi connectivity index (χ3n) is 2.85. The molecule has 1 aliphatic heterocycles. The van der Waals surface area contributed by atoms with Gasteiger partial charge >= 0.3 is 0 Å². The van der Waals surface area contributed by atoms with E-state index in [4.69, 9.17) is 19.9 Å². The maximum Gasteiger partial charge on any atom is 0.210 e. The lowest BCUT2D eigenvalue weighted by Gasteiger charge is -2.23. The van der Waals surface area contributed by atoms with Crippen LogP contribution in [0.4, 0.5) is 4.39 Å². The molecule has 1 heterocycles. The number of halogens is 1. The number of methoxy groups -OCH3 is 1. The van der Waals surface area contributed by atoms with Gasteiger partial charge in [0.1, 0.15) is 13.2 Å². The van der Waals surface area contributed by atoms with E-state index in [1.165, 1.54) is 7.11 Å². The second kappa shape index (κ2) is 4.79. The molecule has 1 aromatic rings. The standard InChI is InChI=1S/C12H16FNO3/c1-7(6-14)8-5-9-12(17-4-3-16-9)10(13)11(8)15-2/h5,7H,3-4,6,14H2,1-2H3. The number of nitrogens with two attached hydrogens (primary N) is 1. The Morgan fingerprint density at radius 2 is 2.18 bits per heavy atom. The molecule has 17 heavy (non-hydrogen) atoms. The first-order valence-corrected chi connectivity index (χ1v) is 5.55. The first kappa shape index (κ1) is 12.0. The van der Waals surface area contributed by atoms with Gasteiger partial charge in [0.05, 0.1) is 7.11 Å². The quantitative estimate of drug-likeness (QED) is 0.874. The summed E-state index contributed by atoms with van der Waals surface area (Å²) in [4.78, 5) is 0. The molecule has 0 radical (unpaired) electrons. The monoisotopic (exact) mass is 241 g/mol. The van der Waals surface area contributed by atoms with Gasteiger partial charge in [-0.25, -0.2) is 0 Å². The predicted molar refractivity (Wildman–Crippen MR) is 61.4 cm³/mol. The Morgan fingerprint density at radius 3 is 2.82 bits per heavy atom. The molecule has 0 amide bonds. The minimum absolute atomic E-state index is 0.00437. The molecular weight excluding hydrogens is 225 g/mol. The molecule has 0 aromatic heterocycles. The van der Waals surface area contributed by atoms with Gasteiger partial charge in [-0.1, -0.05) is 6.92 Å². The van der Waals surface area contributed by atoms with Crippen molar-refractivity contribution in [3.63, 3.8) is 0 Å². The molecule has 0 spiro atoms. The van der Waals surface area contributed by atoms with Gasteiger partial charge in [0.2, 0.25) is 11.6 Å². The summed E-state index contributed by atoms with van der Waals surface area (Å²) in [7, 11) is 1.43. The van der Waals surface area contributed by atoms with Gasteiger partial charge in [-0.2, -0.15) is 4.39 Å². The molecule has 0 fully saturated rings. The van der Waals surface area contributed by atoms with Crippen LogP contribution in [0.5, 0.6) is 17.2 Å². The molecule has 2 N–H and O–H groups in total. The Hall–Kier alpha value is -1.49. The minimum Gasteiger partial charge on any atom is -0.493 e. The van der Waals surface area contributed by atoms with E-state index in [9.17, 15) is 4.39 Å². The van der Waals surface area contributed by atoms with Crippen LogP contribution in [0.1, 0.15) is 18.4 Å². The highest BCUT2D eigenvalue weighted by Crippen LogP contribution is 2.42. The first-order chi connectivity index (χ1) is 8.19. The molecule has 0 bridgehead atoms. The number of hydrogen-bond acceptors (Lipinski definition) is 4. The van der Waals surface area contributed by atoms with E-state index in [0.29, 0.717) is 31.1 Å². The number of rotatable bonds is 3. The third kappa shape index (κ3) is 2.02. The van der Waals surface area contributed by atoms with Crippen molar-refractivity contribution in [1.29, 1.82) is 0 Å². The van der Waals surface area contributed by atoms with Crippen LogP contribution >= 0.6 is 0 Å². The van der Waals surface area contributed by atoms with Crippen LogP contribution in [-0.2, 0) is 0 Å². The second-order valence-electron chi connectivity index (χ2n) is 3.97. The predicted octanol–water partition coefficient (Wildman–Crippen LogP) is 1.67. The number of fused-ring (bicyclic) bond motifs is 1. The van der Waals surface area contributed by atoms with Crippen LogP contribution < -0.4 is 19.9 Å². The topological polar surface area (TPSA) is 53.7 Å². The number of hydrogen-bond donors (Lipinski definition) is 1. The van der Waals surface area contributed by atoms with Crippen molar-refractivity contribution >= 4 is 0 Å². The average molecular weight is 241 g/mol. The fraction of sp³-hybridized carbons (Fsp3) is 0.500. The molecule has 94 valence electrons. The van der Waals surface area contributed by atoms with Gasteiger partial charge < -0.3 is 19.9 Å². The van der Waals surface area contributed by atoms with Gasteiger partial charge in [-0.15, -0.1) is 0 Å². The minimum atomic E-state index is -0.514. The van der Waals surface area contributed by atoms with E-state index in [-0.39, 0.29) is 17.4 Å². The number of benzene rings is 1. The van der Waals surface area contributed by atoms with Gasteiger partial charge in [-0.3, -0.25) is 0 Å². The largest absolute Gasteiger partial charge is 0.493 e. The average Bonchev–Trinajstić information content (AvgIpc) is 2.37. The fourth-order valence-corrected chi connectivity index (χ4v) is 1.85. The Balaban J connectivity index is 2.55. The van der Waals surface area contributed by atoms with Crippen LogP contribution in [0.25, 0.3) is 0 Å². The fourth-order valence-electron chi connectivity index (χ4n) is 1.85. The maximum atomic E-state index is 14.1. The van der Waals surface area contributed by atoms with Crippen LogP contribution in [-0.4, -0.2) is 26.9 Å². The summed E-state index contributed by atoms with van der Waals surface area (Å²) >= 11 is 0. The molecule has 4 nitrogen and oxygen atoms in total. The van der Waals surface area contributed by atoms with Crippen LogP contribution in [0.3, 0.4) is 0 Å². The van der Waals surface area contributed by atoms with Crippen LogP contribution in [0.2, 0.25) is 0 Å². The van der Waals surface area contributed by atoms with Gasteiger partial charge in [0.15, 0.2) is 11.5 Å². The maximum absolute atomic E-state index is 14.1. The Kier molecular flexibility index (Phi) is 3.38. The first-order valence-electron chi connectivity index (χ1n) is 5.55. The zero-order valence-electron chi connectivity index (χ0n) is 9.96. The molecule has 1 unspecified atom stereocenters. The molecule has 0 saturated carbocycles. The Morgan fingerprint density at radius 1 is 1.47 bits per heavy atom. The molecule has 1 atom stereocenters. The van der Waals surface area contributed by atoms with E-state index in [1.54, 1.807) is 6.07 Å². The summed E-state index contributed by atoms with van der Waals surface area (Å²) < 4.78 is 29.9. The highest BCUT2D eigenvalue weighted by Gasteiger charge is 2.25. The zero-order valence-corrected chi connectivity index (χ0v) is 9.96. The van der Waals surface area contributed by atoms with E-state index in [1.807, 2.05) is 6.92 Å². The third-order valence-corrected chi connectivity index (χ3v) is 2.85. The lowest BCUT2D eigenvalue weighted by molar-refractivity contribution is 0.162. The summed E-state index contributed by atoms with van der Waals surface area (Å²) in [5.41, 5.74) is 6.31. The summed E-state index contributed by atoms with van der Waals surface area (Å²) in [5, 5.41) is 0. The highest BCUT2D eigenvalue weighted by atomic mass is 19.1. The summed E-state index contributed by atoms with van der Waals surface area (Å²) in [6.07, 6.45) is 0. The van der Waals surface area contributed by atoms with Crippen molar-refractivity contribution in [2.45, 2.75) is 12.8 Å². The molecule has 0 saturated heterocycles. The zero-order chi connectivity index (χ0) is 12.4. The molecule has 0 aliphatic carbocycles. The second-order valence-corrected chi connectivity index (χ2v) is 3.97. The van der Waals surface area contributed by atoms with E-state index in [2.05, 4.69) is 0 Å². The van der Waals surface area contributed by atoms with E-state index < -0.39 is 5.82 Å². The van der Waals surface area contributed by atoms with Crippen molar-refractivity contribution in [3.05, 3.63) is 17.4 Å². The normalized spacial score (nSPS) is 15.5. The van der Waals surface area contributed by atoms with Gasteiger partial charge in [0, 0.05) is 5.56 Å². The van der Waals surface area contributed by atoms with Gasteiger partial charge in [-0.05, 0) is 18.5 Å². The molecule has 2 rings (SSSR count). The van der Waals surface area contributed by atoms with E-state index in [0.717, 1.165) is 0 Å². The van der Waals surface area contributed by atoms with Crippen molar-refractivity contribution < 1.29 is 18.6 Å². The van der Waals surface area contributed by atoms with Crippen molar-refractivity contribution in [1.82, 2.24) is 0 Å².